The zero-order valence-electron chi connectivity index (χ0n) is 10.9. The molecule has 0 saturated heterocycles. The maximum Gasteiger partial charge on any atom is 0.271 e. The van der Waals surface area contributed by atoms with Gasteiger partial charge in [-0.15, -0.1) is 11.3 Å². The molecule has 1 aliphatic carbocycles. The number of hydrogen-bond acceptors (Lipinski definition) is 4. The number of fused-ring (bicyclic) bond motifs is 1. The van der Waals surface area contributed by atoms with Gasteiger partial charge in [-0.2, -0.15) is 0 Å². The van der Waals surface area contributed by atoms with E-state index in [-0.39, 0.29) is 11.7 Å². The second-order valence-electron chi connectivity index (χ2n) is 4.94. The van der Waals surface area contributed by atoms with Gasteiger partial charge >= 0.3 is 0 Å². The second kappa shape index (κ2) is 5.83. The predicted molar refractivity (Wildman–Crippen MR) is 86.7 cm³/mol. The lowest BCUT2D eigenvalue weighted by Crippen LogP contribution is -2.15. The number of hydrogen-bond donors (Lipinski definition) is 1. The first-order valence-corrected chi connectivity index (χ1v) is 8.10. The van der Waals surface area contributed by atoms with Crippen molar-refractivity contribution in [2.24, 2.45) is 0 Å². The summed E-state index contributed by atoms with van der Waals surface area (Å²) in [7, 11) is 0. The van der Waals surface area contributed by atoms with Gasteiger partial charge in [-0.3, -0.25) is 10.1 Å². The van der Waals surface area contributed by atoms with Gasteiger partial charge in [0.2, 0.25) is 0 Å². The van der Waals surface area contributed by atoms with Crippen molar-refractivity contribution in [3.8, 4) is 0 Å². The number of non-ortho nitro benzene ring substituents is 1. The molecule has 1 heterocycles. The van der Waals surface area contributed by atoms with E-state index in [0.29, 0.717) is 10.7 Å². The van der Waals surface area contributed by atoms with E-state index in [0.717, 1.165) is 23.6 Å². The van der Waals surface area contributed by atoms with Gasteiger partial charge in [-0.05, 0) is 37.0 Å². The molecule has 7 heteroatoms. The number of nitrogens with one attached hydrogen (secondary N) is 1. The Labute approximate surface area is 135 Å². The van der Waals surface area contributed by atoms with Crippen LogP contribution in [0.25, 0.3) is 0 Å². The molecule has 4 nitrogen and oxygen atoms in total. The third-order valence-electron chi connectivity index (χ3n) is 3.57. The van der Waals surface area contributed by atoms with Crippen LogP contribution in [0.2, 0.25) is 9.36 Å². The zero-order valence-corrected chi connectivity index (χ0v) is 13.3. The molecule has 1 aromatic heterocycles. The standard InChI is InChI=1S/C14H12Cl2N2O2S/c15-10-5-4-8(18(19)20)6-12(10)17-11-2-1-3-13-9(11)7-14(16)21-13/h4-7,11,17H,1-3H2. The fourth-order valence-electron chi connectivity index (χ4n) is 2.60. The van der Waals surface area contributed by atoms with E-state index in [2.05, 4.69) is 5.32 Å². The lowest BCUT2D eigenvalue weighted by molar-refractivity contribution is -0.384. The van der Waals surface area contributed by atoms with Crippen LogP contribution in [0.15, 0.2) is 24.3 Å². The molecule has 0 bridgehead atoms. The number of benzene rings is 1. The molecular formula is C14H12Cl2N2O2S. The molecule has 1 aliphatic rings. The van der Waals surface area contributed by atoms with Gasteiger partial charge in [-0.1, -0.05) is 23.2 Å². The summed E-state index contributed by atoms with van der Waals surface area (Å²) in [5.41, 5.74) is 1.80. The van der Waals surface area contributed by atoms with E-state index in [1.165, 1.54) is 22.6 Å². The molecule has 3 rings (SSSR count). The van der Waals surface area contributed by atoms with Gasteiger partial charge in [0.1, 0.15) is 0 Å². The van der Waals surface area contributed by atoms with Crippen LogP contribution in [-0.2, 0) is 6.42 Å². The second-order valence-corrected chi connectivity index (χ2v) is 7.11. The molecule has 21 heavy (non-hydrogen) atoms. The predicted octanol–water partition coefficient (Wildman–Crippen LogP) is 5.45. The minimum atomic E-state index is -0.421. The molecule has 0 amide bonds. The first-order chi connectivity index (χ1) is 10.0. The topological polar surface area (TPSA) is 55.2 Å². The Morgan fingerprint density at radius 2 is 2.14 bits per heavy atom. The smallest absolute Gasteiger partial charge is 0.271 e. The van der Waals surface area contributed by atoms with Crippen molar-refractivity contribution in [2.75, 3.05) is 5.32 Å². The number of anilines is 1. The van der Waals surface area contributed by atoms with Crippen LogP contribution in [0.1, 0.15) is 29.3 Å². The number of nitro groups is 1. The lowest BCUT2D eigenvalue weighted by atomic mass is 9.94. The van der Waals surface area contributed by atoms with Crippen molar-refractivity contribution in [2.45, 2.75) is 25.3 Å². The summed E-state index contributed by atoms with van der Waals surface area (Å²) >= 11 is 13.8. The average Bonchev–Trinajstić information content (AvgIpc) is 2.82. The highest BCUT2D eigenvalue weighted by Gasteiger charge is 2.23. The lowest BCUT2D eigenvalue weighted by Gasteiger charge is -2.25. The molecule has 0 saturated carbocycles. The highest BCUT2D eigenvalue weighted by atomic mass is 35.5. The fraction of sp³-hybridized carbons (Fsp3) is 0.286. The summed E-state index contributed by atoms with van der Waals surface area (Å²) in [6.07, 6.45) is 3.06. The average molecular weight is 343 g/mol. The van der Waals surface area contributed by atoms with Crippen molar-refractivity contribution < 1.29 is 4.92 Å². The van der Waals surface area contributed by atoms with Crippen LogP contribution in [0.3, 0.4) is 0 Å². The van der Waals surface area contributed by atoms with Crippen LogP contribution in [-0.4, -0.2) is 4.92 Å². The summed E-state index contributed by atoms with van der Waals surface area (Å²) in [6, 6.07) is 6.50. The summed E-state index contributed by atoms with van der Waals surface area (Å²) in [4.78, 5) is 11.7. The number of aryl methyl sites for hydroxylation is 1. The van der Waals surface area contributed by atoms with Crippen molar-refractivity contribution in [1.29, 1.82) is 0 Å². The van der Waals surface area contributed by atoms with Gasteiger partial charge in [0.25, 0.3) is 5.69 Å². The monoisotopic (exact) mass is 342 g/mol. The Morgan fingerprint density at radius 3 is 2.90 bits per heavy atom. The van der Waals surface area contributed by atoms with Crippen LogP contribution in [0.4, 0.5) is 11.4 Å². The van der Waals surface area contributed by atoms with Crippen LogP contribution >= 0.6 is 34.5 Å². The Bertz CT molecular complexity index is 702. The van der Waals surface area contributed by atoms with E-state index < -0.39 is 4.92 Å². The molecule has 0 spiro atoms. The zero-order chi connectivity index (χ0) is 15.0. The van der Waals surface area contributed by atoms with Gasteiger partial charge in [0.05, 0.1) is 26.0 Å². The number of rotatable bonds is 3. The summed E-state index contributed by atoms with van der Waals surface area (Å²) in [6.45, 7) is 0. The van der Waals surface area contributed by atoms with Crippen molar-refractivity contribution in [3.05, 3.63) is 54.2 Å². The van der Waals surface area contributed by atoms with Crippen LogP contribution < -0.4 is 5.32 Å². The van der Waals surface area contributed by atoms with E-state index in [9.17, 15) is 10.1 Å². The van der Waals surface area contributed by atoms with E-state index in [4.69, 9.17) is 23.2 Å². The molecule has 0 aliphatic heterocycles. The molecule has 1 aromatic carbocycles. The Balaban J connectivity index is 1.91. The fourth-order valence-corrected chi connectivity index (χ4v) is 4.15. The molecule has 1 unspecified atom stereocenters. The molecule has 1 atom stereocenters. The molecular weight excluding hydrogens is 331 g/mol. The van der Waals surface area contributed by atoms with E-state index >= 15 is 0 Å². The maximum atomic E-state index is 10.9. The minimum Gasteiger partial charge on any atom is -0.377 e. The maximum absolute atomic E-state index is 10.9. The summed E-state index contributed by atoms with van der Waals surface area (Å²) in [5, 5.41) is 14.7. The summed E-state index contributed by atoms with van der Waals surface area (Å²) < 4.78 is 0.777. The van der Waals surface area contributed by atoms with Gasteiger partial charge in [0.15, 0.2) is 0 Å². The van der Waals surface area contributed by atoms with Crippen molar-refractivity contribution in [1.82, 2.24) is 0 Å². The normalized spacial score (nSPS) is 17.3. The highest BCUT2D eigenvalue weighted by molar-refractivity contribution is 7.16. The van der Waals surface area contributed by atoms with Crippen LogP contribution in [0.5, 0.6) is 0 Å². The Kier molecular flexibility index (Phi) is 4.06. The van der Waals surface area contributed by atoms with E-state index in [1.54, 1.807) is 17.4 Å². The van der Waals surface area contributed by atoms with E-state index in [1.807, 2.05) is 6.07 Å². The minimum absolute atomic E-state index is 0.0290. The third kappa shape index (κ3) is 3.00. The number of nitro benzene ring substituents is 1. The van der Waals surface area contributed by atoms with Gasteiger partial charge < -0.3 is 5.32 Å². The Hall–Kier alpha value is -1.30. The number of halogens is 2. The quantitative estimate of drug-likeness (QED) is 0.595. The van der Waals surface area contributed by atoms with Crippen LogP contribution in [0, 0.1) is 10.1 Å². The highest BCUT2D eigenvalue weighted by Crippen LogP contribution is 2.40. The first kappa shape index (κ1) is 14.6. The molecule has 110 valence electrons. The molecule has 0 radical (unpaired) electrons. The number of thiophene rings is 1. The third-order valence-corrected chi connectivity index (χ3v) is 5.24. The molecule has 0 fully saturated rings. The van der Waals surface area contributed by atoms with Gasteiger partial charge in [0, 0.05) is 17.0 Å². The SMILES string of the molecule is O=[N+]([O-])c1ccc(Cl)c(NC2CCCc3sc(Cl)cc32)c1. The van der Waals surface area contributed by atoms with Crippen molar-refractivity contribution in [3.63, 3.8) is 0 Å². The first-order valence-electron chi connectivity index (χ1n) is 6.53. The Morgan fingerprint density at radius 1 is 1.33 bits per heavy atom. The number of nitrogens with zero attached hydrogens (tertiary/aromatic N) is 1. The van der Waals surface area contributed by atoms with Gasteiger partial charge in [-0.25, -0.2) is 0 Å². The molecule has 2 aromatic rings. The molecule has 1 N–H and O–H groups in total. The van der Waals surface area contributed by atoms with Crippen molar-refractivity contribution >= 4 is 45.9 Å². The largest absolute Gasteiger partial charge is 0.377 e. The summed E-state index contributed by atoms with van der Waals surface area (Å²) in [5.74, 6) is 0.